The van der Waals surface area contributed by atoms with Gasteiger partial charge in [-0.05, 0) is 56.9 Å². The van der Waals surface area contributed by atoms with Crippen molar-refractivity contribution in [1.29, 1.82) is 0 Å². The average Bonchev–Trinajstić information content (AvgIpc) is 3.17. The Hall–Kier alpha value is -1.75. The number of hydrogen-bond donors (Lipinski definition) is 3. The van der Waals surface area contributed by atoms with E-state index in [1.165, 1.54) is 6.08 Å². The second-order valence-electron chi connectivity index (χ2n) is 9.97. The number of hydrogen-bond acceptors (Lipinski definition) is 9. The molecule has 0 bridgehead atoms. The smallest absolute Gasteiger partial charge is 0.393 e. The Morgan fingerprint density at radius 2 is 1.97 bits per heavy atom. The van der Waals surface area contributed by atoms with Crippen LogP contribution >= 0.6 is 0 Å². The van der Waals surface area contributed by atoms with Gasteiger partial charge in [0.1, 0.15) is 12.2 Å². The Morgan fingerprint density at radius 1 is 1.26 bits per heavy atom. The van der Waals surface area contributed by atoms with Crippen molar-refractivity contribution in [1.82, 2.24) is 0 Å². The molecule has 0 aromatic carbocycles. The molecule has 10 heteroatoms. The van der Waals surface area contributed by atoms with Crippen LogP contribution in [0.4, 0.5) is 0 Å². The molecule has 5 rings (SSSR count). The van der Waals surface area contributed by atoms with E-state index in [1.807, 2.05) is 0 Å². The molecule has 1 aliphatic heterocycles. The lowest BCUT2D eigenvalue weighted by atomic mass is 9.45. The van der Waals surface area contributed by atoms with Crippen molar-refractivity contribution >= 4 is 22.0 Å². The minimum absolute atomic E-state index is 0.0768. The maximum absolute atomic E-state index is 12.5. The van der Waals surface area contributed by atoms with Gasteiger partial charge in [0.2, 0.25) is 11.5 Å². The first-order valence-electron chi connectivity index (χ1n) is 10.6. The summed E-state index contributed by atoms with van der Waals surface area (Å²) >= 11 is 0. The van der Waals surface area contributed by atoms with Gasteiger partial charge in [0, 0.05) is 11.3 Å². The number of fused-ring (bicyclic) bond motifs is 6. The summed E-state index contributed by atoms with van der Waals surface area (Å²) in [7, 11) is -4.39. The normalized spacial score (nSPS) is 47.4. The van der Waals surface area contributed by atoms with E-state index in [-0.39, 0.29) is 36.2 Å². The van der Waals surface area contributed by atoms with Gasteiger partial charge in [0.15, 0.2) is 11.5 Å². The maximum atomic E-state index is 12.5. The van der Waals surface area contributed by atoms with E-state index in [2.05, 4.69) is 0 Å². The first-order chi connectivity index (χ1) is 14.4. The van der Waals surface area contributed by atoms with Crippen LogP contribution in [0.1, 0.15) is 46.0 Å². The summed E-state index contributed by atoms with van der Waals surface area (Å²) in [5, 5.41) is 32.1. The zero-order valence-electron chi connectivity index (χ0n) is 17.3. The summed E-state index contributed by atoms with van der Waals surface area (Å²) in [6.45, 7) is 2.79. The van der Waals surface area contributed by atoms with E-state index in [1.54, 1.807) is 13.8 Å². The van der Waals surface area contributed by atoms with Crippen LogP contribution in [0.2, 0.25) is 0 Å². The molecule has 3 saturated carbocycles. The third kappa shape index (κ3) is 2.44. The van der Waals surface area contributed by atoms with Crippen LogP contribution in [0.25, 0.3) is 0 Å². The van der Waals surface area contributed by atoms with E-state index in [0.29, 0.717) is 24.8 Å². The SMILES string of the molecule is C[C@@]12C(=CC(=O)C3=C1OS(=O)(=O)O3)CC[C@@H]1[C@@H]2[C@@H](O)C[C@@]2(C)[C@H]1CC[C@]2(O)C(=O)CO. The molecule has 4 aliphatic carbocycles. The molecule has 0 spiro atoms. The lowest BCUT2D eigenvalue weighted by Gasteiger charge is -2.59. The predicted molar refractivity (Wildman–Crippen MR) is 104 cm³/mol. The number of aliphatic hydroxyl groups is 3. The fraction of sp³-hybridized carbons (Fsp3) is 0.714. The average molecular weight is 454 g/mol. The molecule has 170 valence electrons. The lowest BCUT2D eigenvalue weighted by Crippen LogP contribution is -2.62. The predicted octanol–water partition coefficient (Wildman–Crippen LogP) is 0.505. The Kier molecular flexibility index (Phi) is 4.21. The van der Waals surface area contributed by atoms with Crippen molar-refractivity contribution in [2.75, 3.05) is 6.61 Å². The van der Waals surface area contributed by atoms with Gasteiger partial charge >= 0.3 is 10.4 Å². The fourth-order valence-electron chi connectivity index (χ4n) is 7.47. The molecule has 3 fully saturated rings. The highest BCUT2D eigenvalue weighted by Gasteiger charge is 2.70. The molecular formula is C21H26O9S. The highest BCUT2D eigenvalue weighted by molar-refractivity contribution is 7.82. The lowest BCUT2D eigenvalue weighted by molar-refractivity contribution is -0.180. The van der Waals surface area contributed by atoms with Crippen LogP contribution in [0, 0.1) is 28.6 Å². The number of allylic oxidation sites excluding steroid dienone is 2. The van der Waals surface area contributed by atoms with Crippen LogP contribution < -0.4 is 0 Å². The summed E-state index contributed by atoms with van der Waals surface area (Å²) in [4.78, 5) is 24.9. The summed E-state index contributed by atoms with van der Waals surface area (Å²) in [5.41, 5.74) is -3.01. The van der Waals surface area contributed by atoms with Crippen molar-refractivity contribution in [2.45, 2.75) is 57.7 Å². The van der Waals surface area contributed by atoms with Gasteiger partial charge in [-0.3, -0.25) is 9.59 Å². The van der Waals surface area contributed by atoms with Gasteiger partial charge in [-0.2, -0.15) is 0 Å². The molecule has 9 nitrogen and oxygen atoms in total. The van der Waals surface area contributed by atoms with Crippen LogP contribution in [-0.2, 0) is 28.4 Å². The summed E-state index contributed by atoms with van der Waals surface area (Å²) in [6.07, 6.45) is 2.36. The van der Waals surface area contributed by atoms with Gasteiger partial charge in [-0.1, -0.05) is 12.5 Å². The monoisotopic (exact) mass is 454 g/mol. The first kappa shape index (κ1) is 21.1. The van der Waals surface area contributed by atoms with Gasteiger partial charge in [-0.15, -0.1) is 8.42 Å². The topological polar surface area (TPSA) is 147 Å². The van der Waals surface area contributed by atoms with Crippen LogP contribution in [0.3, 0.4) is 0 Å². The molecule has 0 aromatic rings. The van der Waals surface area contributed by atoms with E-state index in [4.69, 9.17) is 8.37 Å². The summed E-state index contributed by atoms with van der Waals surface area (Å²) in [6, 6.07) is 0. The largest absolute Gasteiger partial charge is 0.501 e. The molecule has 3 N–H and O–H groups in total. The minimum atomic E-state index is -4.39. The quantitative estimate of drug-likeness (QED) is 0.543. The number of ketones is 2. The van der Waals surface area contributed by atoms with Crippen LogP contribution in [0.15, 0.2) is 23.2 Å². The van der Waals surface area contributed by atoms with Crippen molar-refractivity contribution in [3.05, 3.63) is 23.2 Å². The molecule has 0 saturated heterocycles. The van der Waals surface area contributed by atoms with E-state index in [9.17, 15) is 33.3 Å². The fourth-order valence-corrected chi connectivity index (χ4v) is 8.32. The molecule has 31 heavy (non-hydrogen) atoms. The zero-order valence-corrected chi connectivity index (χ0v) is 18.1. The molecule has 0 amide bonds. The third-order valence-corrected chi connectivity index (χ3v) is 9.61. The Balaban J connectivity index is 1.61. The van der Waals surface area contributed by atoms with Crippen LogP contribution in [0.5, 0.6) is 0 Å². The van der Waals surface area contributed by atoms with Crippen molar-refractivity contribution in [3.63, 3.8) is 0 Å². The highest BCUT2D eigenvalue weighted by atomic mass is 32.3. The third-order valence-electron chi connectivity index (χ3n) is 8.87. The molecule has 7 atom stereocenters. The van der Waals surface area contributed by atoms with Crippen LogP contribution in [-0.4, -0.2) is 53.6 Å². The molecule has 0 aromatic heterocycles. The van der Waals surface area contributed by atoms with Crippen molar-refractivity contribution < 1.29 is 41.7 Å². The zero-order chi connectivity index (χ0) is 22.6. The number of carbonyl (C=O) groups is 2. The Bertz CT molecular complexity index is 1060. The summed E-state index contributed by atoms with van der Waals surface area (Å²) < 4.78 is 34.0. The Labute approximate surface area is 180 Å². The standard InChI is InChI=1S/C21H26O9S/c1-19-8-14(24)16-11(12(19)5-6-21(19,26)15(25)9-22)4-3-10-7-13(23)17-18(20(10,16)2)30-31(27,28)29-17/h7,11-12,14,16,22,24,26H,3-6,8-9H2,1-2H3/t11-,12-,14-,16+,19-,20-,21-/m0/s1. The Morgan fingerprint density at radius 3 is 2.65 bits per heavy atom. The second kappa shape index (κ2) is 6.18. The second-order valence-corrected chi connectivity index (χ2v) is 11.1. The number of Topliss-reactive ketones (excluding diaryl/α,β-unsaturated/α-hetero) is 1. The van der Waals surface area contributed by atoms with Crippen molar-refractivity contribution in [2.24, 2.45) is 28.6 Å². The maximum Gasteiger partial charge on any atom is 0.501 e. The molecule has 0 unspecified atom stereocenters. The molecule has 5 aliphatic rings. The molecule has 1 heterocycles. The molecule has 0 radical (unpaired) electrons. The molecular weight excluding hydrogens is 428 g/mol. The van der Waals surface area contributed by atoms with E-state index in [0.717, 1.165) is 0 Å². The first-order valence-corrected chi connectivity index (χ1v) is 11.9. The number of rotatable bonds is 2. The van der Waals surface area contributed by atoms with Gasteiger partial charge in [0.25, 0.3) is 0 Å². The number of carbonyl (C=O) groups excluding carboxylic acids is 2. The van der Waals surface area contributed by atoms with Gasteiger partial charge in [0.05, 0.1) is 11.5 Å². The minimum Gasteiger partial charge on any atom is -0.393 e. The highest BCUT2D eigenvalue weighted by Crippen LogP contribution is 2.68. The van der Waals surface area contributed by atoms with Gasteiger partial charge in [-0.25, -0.2) is 0 Å². The summed E-state index contributed by atoms with van der Waals surface area (Å²) in [5.74, 6) is -2.39. The van der Waals surface area contributed by atoms with Crippen molar-refractivity contribution in [3.8, 4) is 0 Å². The van der Waals surface area contributed by atoms with E-state index >= 15 is 0 Å². The van der Waals surface area contributed by atoms with E-state index < -0.39 is 57.0 Å². The number of aliphatic hydroxyl groups excluding tert-OH is 2. The van der Waals surface area contributed by atoms with Gasteiger partial charge < -0.3 is 23.7 Å².